The van der Waals surface area contributed by atoms with Gasteiger partial charge in [-0.2, -0.15) is 4.37 Å². The van der Waals surface area contributed by atoms with Gasteiger partial charge in [-0.15, -0.1) is 16.8 Å². The summed E-state index contributed by atoms with van der Waals surface area (Å²) in [5.74, 6) is 1.95. The molecule has 118 valence electrons. The number of rotatable bonds is 6. The summed E-state index contributed by atoms with van der Waals surface area (Å²) in [5, 5.41) is 9.38. The maximum atomic E-state index is 4.54. The Morgan fingerprint density at radius 3 is 2.91 bits per heavy atom. The number of pyridine rings is 1. The van der Waals surface area contributed by atoms with Crippen molar-refractivity contribution in [3.8, 4) is 11.4 Å². The van der Waals surface area contributed by atoms with Crippen LogP contribution in [0.15, 0.2) is 46.7 Å². The quantitative estimate of drug-likeness (QED) is 0.636. The second kappa shape index (κ2) is 7.01. The molecule has 0 spiro atoms. The Hall–Kier alpha value is -2.06. The molecule has 6 nitrogen and oxygen atoms in total. The van der Waals surface area contributed by atoms with Gasteiger partial charge < -0.3 is 0 Å². The summed E-state index contributed by atoms with van der Waals surface area (Å²) in [6, 6.07) is 3.85. The fourth-order valence-electron chi connectivity index (χ4n) is 1.94. The fraction of sp³-hybridized carbons (Fsp3) is 0.267. The van der Waals surface area contributed by atoms with E-state index in [9.17, 15) is 0 Å². The van der Waals surface area contributed by atoms with Crippen molar-refractivity contribution < 1.29 is 0 Å². The highest BCUT2D eigenvalue weighted by atomic mass is 32.2. The SMILES string of the molecule is C=CCn1c(Sc2nc(C(C)C)ns2)nnc1-c1cccnc1. The van der Waals surface area contributed by atoms with Crippen LogP contribution in [0, 0.1) is 0 Å². The lowest BCUT2D eigenvalue weighted by Crippen LogP contribution is -2.00. The van der Waals surface area contributed by atoms with E-state index < -0.39 is 0 Å². The first kappa shape index (κ1) is 15.8. The van der Waals surface area contributed by atoms with Crippen molar-refractivity contribution in [2.24, 2.45) is 0 Å². The molecule has 0 N–H and O–H groups in total. The third-order valence-corrected chi connectivity index (χ3v) is 4.82. The Kier molecular flexibility index (Phi) is 4.82. The van der Waals surface area contributed by atoms with E-state index in [0.29, 0.717) is 12.5 Å². The van der Waals surface area contributed by atoms with Crippen molar-refractivity contribution in [1.29, 1.82) is 0 Å². The molecule has 8 heteroatoms. The van der Waals surface area contributed by atoms with Gasteiger partial charge >= 0.3 is 0 Å². The molecule has 0 aromatic carbocycles. The van der Waals surface area contributed by atoms with E-state index in [1.165, 1.54) is 23.3 Å². The Morgan fingerprint density at radius 1 is 1.39 bits per heavy atom. The molecular weight excluding hydrogens is 328 g/mol. The molecule has 0 amide bonds. The van der Waals surface area contributed by atoms with Gasteiger partial charge in [0.15, 0.2) is 15.3 Å². The maximum Gasteiger partial charge on any atom is 0.198 e. The van der Waals surface area contributed by atoms with E-state index in [-0.39, 0.29) is 0 Å². The van der Waals surface area contributed by atoms with Crippen molar-refractivity contribution in [2.75, 3.05) is 0 Å². The highest BCUT2D eigenvalue weighted by Crippen LogP contribution is 2.31. The van der Waals surface area contributed by atoms with Gasteiger partial charge in [-0.25, -0.2) is 4.98 Å². The first-order chi connectivity index (χ1) is 11.2. The molecule has 0 aliphatic carbocycles. The first-order valence-corrected chi connectivity index (χ1v) is 8.74. The lowest BCUT2D eigenvalue weighted by Gasteiger charge is -2.06. The Balaban J connectivity index is 1.92. The summed E-state index contributed by atoms with van der Waals surface area (Å²) in [4.78, 5) is 8.68. The molecule has 23 heavy (non-hydrogen) atoms. The Bertz CT molecular complexity index is 793. The highest BCUT2D eigenvalue weighted by molar-refractivity contribution is 8.00. The Labute approximate surface area is 142 Å². The standard InChI is InChI=1S/C15H16N6S2/c1-4-8-21-13(11-6-5-7-16-9-11)18-19-14(21)22-15-17-12(10(2)3)20-23-15/h4-7,9-10H,1,8H2,2-3H3. The van der Waals surface area contributed by atoms with Gasteiger partial charge in [-0.3, -0.25) is 9.55 Å². The Morgan fingerprint density at radius 2 is 2.26 bits per heavy atom. The minimum Gasteiger partial charge on any atom is -0.298 e. The smallest absolute Gasteiger partial charge is 0.198 e. The van der Waals surface area contributed by atoms with E-state index in [2.05, 4.69) is 45.0 Å². The molecule has 3 heterocycles. The van der Waals surface area contributed by atoms with Crippen LogP contribution < -0.4 is 0 Å². The van der Waals surface area contributed by atoms with E-state index in [0.717, 1.165) is 26.7 Å². The second-order valence-corrected chi connectivity index (χ2v) is 7.09. The number of allylic oxidation sites excluding steroid dienone is 1. The molecule has 0 radical (unpaired) electrons. The molecule has 0 aliphatic heterocycles. The van der Waals surface area contributed by atoms with Crippen molar-refractivity contribution in [1.82, 2.24) is 29.1 Å². The van der Waals surface area contributed by atoms with Crippen molar-refractivity contribution >= 4 is 23.3 Å². The van der Waals surface area contributed by atoms with E-state index in [1.807, 2.05) is 22.8 Å². The third kappa shape index (κ3) is 3.48. The topological polar surface area (TPSA) is 69.4 Å². The molecule has 0 saturated carbocycles. The third-order valence-electron chi connectivity index (χ3n) is 3.07. The molecule has 3 rings (SSSR count). The summed E-state index contributed by atoms with van der Waals surface area (Å²) < 4.78 is 7.24. The zero-order valence-corrected chi connectivity index (χ0v) is 14.5. The minimum atomic E-state index is 0.317. The molecule has 0 bridgehead atoms. The highest BCUT2D eigenvalue weighted by Gasteiger charge is 2.17. The largest absolute Gasteiger partial charge is 0.298 e. The number of hydrogen-bond acceptors (Lipinski definition) is 7. The molecular formula is C15H16N6S2. The van der Waals surface area contributed by atoms with Crippen molar-refractivity contribution in [3.05, 3.63) is 43.0 Å². The molecule has 3 aromatic rings. The van der Waals surface area contributed by atoms with Crippen LogP contribution in [-0.2, 0) is 6.54 Å². The molecule has 0 fully saturated rings. The van der Waals surface area contributed by atoms with Crippen LogP contribution in [0.2, 0.25) is 0 Å². The van der Waals surface area contributed by atoms with Crippen LogP contribution in [0.5, 0.6) is 0 Å². The minimum absolute atomic E-state index is 0.317. The lowest BCUT2D eigenvalue weighted by molar-refractivity contribution is 0.730. The monoisotopic (exact) mass is 344 g/mol. The van der Waals surface area contributed by atoms with Crippen molar-refractivity contribution in [3.63, 3.8) is 0 Å². The summed E-state index contributed by atoms with van der Waals surface area (Å²) in [7, 11) is 0. The normalized spacial score (nSPS) is 11.1. The van der Waals surface area contributed by atoms with Gasteiger partial charge in [-0.05, 0) is 35.4 Å². The van der Waals surface area contributed by atoms with Gasteiger partial charge in [-0.1, -0.05) is 19.9 Å². The van der Waals surface area contributed by atoms with Gasteiger partial charge in [0.1, 0.15) is 5.82 Å². The van der Waals surface area contributed by atoms with Gasteiger partial charge in [0.25, 0.3) is 0 Å². The average molecular weight is 344 g/mol. The zero-order valence-electron chi connectivity index (χ0n) is 12.9. The van der Waals surface area contributed by atoms with Gasteiger partial charge in [0, 0.05) is 30.4 Å². The van der Waals surface area contributed by atoms with Crippen LogP contribution >= 0.6 is 23.3 Å². The van der Waals surface area contributed by atoms with Crippen LogP contribution in [-0.4, -0.2) is 29.1 Å². The van der Waals surface area contributed by atoms with Gasteiger partial charge in [0.05, 0.1) is 0 Å². The fourth-order valence-corrected chi connectivity index (χ4v) is 3.63. The van der Waals surface area contributed by atoms with E-state index in [4.69, 9.17) is 0 Å². The molecule has 0 saturated heterocycles. The van der Waals surface area contributed by atoms with E-state index >= 15 is 0 Å². The molecule has 0 aliphatic rings. The summed E-state index contributed by atoms with van der Waals surface area (Å²) >= 11 is 2.86. The van der Waals surface area contributed by atoms with Crippen LogP contribution in [0.25, 0.3) is 11.4 Å². The number of aromatic nitrogens is 6. The van der Waals surface area contributed by atoms with Crippen LogP contribution in [0.4, 0.5) is 0 Å². The molecule has 0 unspecified atom stereocenters. The summed E-state index contributed by atoms with van der Waals surface area (Å²) in [5.41, 5.74) is 0.925. The first-order valence-electron chi connectivity index (χ1n) is 7.15. The lowest BCUT2D eigenvalue weighted by atomic mass is 10.2. The second-order valence-electron chi connectivity index (χ2n) is 5.12. The molecule has 0 atom stereocenters. The van der Waals surface area contributed by atoms with E-state index in [1.54, 1.807) is 12.4 Å². The maximum absolute atomic E-state index is 4.54. The predicted octanol–water partition coefficient (Wildman–Crippen LogP) is 3.65. The average Bonchev–Trinajstić information content (AvgIpc) is 3.17. The predicted molar refractivity (Wildman–Crippen MR) is 91.6 cm³/mol. The molecule has 3 aromatic heterocycles. The number of hydrogen-bond donors (Lipinski definition) is 0. The summed E-state index contributed by atoms with van der Waals surface area (Å²) in [6.07, 6.45) is 5.34. The summed E-state index contributed by atoms with van der Waals surface area (Å²) in [6.45, 7) is 8.60. The van der Waals surface area contributed by atoms with Crippen LogP contribution in [0.1, 0.15) is 25.6 Å². The van der Waals surface area contributed by atoms with Crippen LogP contribution in [0.3, 0.4) is 0 Å². The number of nitrogens with zero attached hydrogens (tertiary/aromatic N) is 6. The van der Waals surface area contributed by atoms with Gasteiger partial charge in [0.2, 0.25) is 0 Å². The van der Waals surface area contributed by atoms with Crippen molar-refractivity contribution in [2.45, 2.75) is 35.8 Å². The zero-order chi connectivity index (χ0) is 16.2.